The fraction of sp³-hybridized carbons (Fsp3) is 0. The second kappa shape index (κ2) is 4.26. The summed E-state index contributed by atoms with van der Waals surface area (Å²) < 4.78 is 13.4. The van der Waals surface area contributed by atoms with Crippen molar-refractivity contribution in [3.63, 3.8) is 0 Å². The molecule has 0 spiro atoms. The Morgan fingerprint density at radius 2 is 1.89 bits per heavy atom. The maximum absolute atomic E-state index is 13.4. The molecule has 1 heterocycles. The van der Waals surface area contributed by atoms with Crippen LogP contribution in [0.25, 0.3) is 22.4 Å². The summed E-state index contributed by atoms with van der Waals surface area (Å²) in [6.45, 7) is 0. The van der Waals surface area contributed by atoms with Gasteiger partial charge in [0.05, 0.1) is 16.1 Å². The maximum Gasteiger partial charge on any atom is 0.142 e. The molecule has 2 aromatic carbocycles. The van der Waals surface area contributed by atoms with E-state index in [1.165, 1.54) is 12.1 Å². The molecule has 0 atom stereocenters. The molecular weight excluding hydrogens is 274 g/mol. The predicted molar refractivity (Wildman–Crippen MR) is 71.5 cm³/mol. The largest absolute Gasteiger partial charge is 0.338 e. The molecule has 18 heavy (non-hydrogen) atoms. The molecular formula is C13H7Cl2FN2. The SMILES string of the molecule is Fc1cc(-c2nc3ccc(Cl)cc3[nH]2)ccc1Cl. The molecule has 1 aromatic heterocycles. The van der Waals surface area contributed by atoms with Gasteiger partial charge in [0, 0.05) is 10.6 Å². The van der Waals surface area contributed by atoms with Crippen LogP contribution in [-0.4, -0.2) is 9.97 Å². The Bertz CT molecular complexity index is 737. The second-order valence-corrected chi connectivity index (χ2v) is 4.72. The Balaban J connectivity index is 2.16. The zero-order chi connectivity index (χ0) is 12.7. The number of imidazole rings is 1. The van der Waals surface area contributed by atoms with Gasteiger partial charge in [-0.2, -0.15) is 0 Å². The Labute approximate surface area is 112 Å². The number of fused-ring (bicyclic) bond motifs is 1. The average molecular weight is 281 g/mol. The molecule has 0 unspecified atom stereocenters. The number of nitrogens with zero attached hydrogens (tertiary/aromatic N) is 1. The zero-order valence-electron chi connectivity index (χ0n) is 9.05. The summed E-state index contributed by atoms with van der Waals surface area (Å²) in [6.07, 6.45) is 0. The quantitative estimate of drug-likeness (QED) is 0.689. The minimum absolute atomic E-state index is 0.0953. The topological polar surface area (TPSA) is 28.7 Å². The summed E-state index contributed by atoms with van der Waals surface area (Å²) in [6, 6.07) is 9.92. The second-order valence-electron chi connectivity index (χ2n) is 3.88. The van der Waals surface area contributed by atoms with Crippen molar-refractivity contribution >= 4 is 34.2 Å². The highest BCUT2D eigenvalue weighted by atomic mass is 35.5. The van der Waals surface area contributed by atoms with Crippen molar-refractivity contribution in [3.05, 3.63) is 52.3 Å². The third-order valence-corrected chi connectivity index (χ3v) is 3.18. The summed E-state index contributed by atoms with van der Waals surface area (Å²) in [4.78, 5) is 7.46. The molecule has 0 aliphatic rings. The smallest absolute Gasteiger partial charge is 0.142 e. The third-order valence-electron chi connectivity index (χ3n) is 2.64. The van der Waals surface area contributed by atoms with Gasteiger partial charge in [0.15, 0.2) is 0 Å². The molecule has 90 valence electrons. The van der Waals surface area contributed by atoms with Gasteiger partial charge >= 0.3 is 0 Å². The average Bonchev–Trinajstić information content (AvgIpc) is 2.75. The Morgan fingerprint density at radius 1 is 1.06 bits per heavy atom. The number of H-pyrrole nitrogens is 1. The minimum Gasteiger partial charge on any atom is -0.338 e. The molecule has 0 fully saturated rings. The van der Waals surface area contributed by atoms with E-state index in [1.54, 1.807) is 18.2 Å². The number of nitrogens with one attached hydrogen (secondary N) is 1. The van der Waals surface area contributed by atoms with E-state index < -0.39 is 5.82 Å². The molecule has 3 rings (SSSR count). The number of aromatic amines is 1. The molecule has 2 nitrogen and oxygen atoms in total. The van der Waals surface area contributed by atoms with E-state index in [4.69, 9.17) is 23.2 Å². The molecule has 0 radical (unpaired) electrons. The summed E-state index contributed by atoms with van der Waals surface area (Å²) in [5, 5.41) is 0.720. The lowest BCUT2D eigenvalue weighted by atomic mass is 10.2. The van der Waals surface area contributed by atoms with Gasteiger partial charge in [-0.15, -0.1) is 0 Å². The van der Waals surface area contributed by atoms with Gasteiger partial charge in [-0.1, -0.05) is 23.2 Å². The fourth-order valence-electron chi connectivity index (χ4n) is 1.76. The highest BCUT2D eigenvalue weighted by Crippen LogP contribution is 2.25. The van der Waals surface area contributed by atoms with E-state index >= 15 is 0 Å². The van der Waals surface area contributed by atoms with Gasteiger partial charge in [-0.05, 0) is 36.4 Å². The van der Waals surface area contributed by atoms with Crippen molar-refractivity contribution in [2.75, 3.05) is 0 Å². The number of hydrogen-bond donors (Lipinski definition) is 1. The fourth-order valence-corrected chi connectivity index (χ4v) is 2.05. The highest BCUT2D eigenvalue weighted by molar-refractivity contribution is 6.31. The van der Waals surface area contributed by atoms with Gasteiger partial charge in [-0.25, -0.2) is 9.37 Å². The van der Waals surface area contributed by atoms with Gasteiger partial charge < -0.3 is 4.98 Å². The number of rotatable bonds is 1. The molecule has 0 aliphatic heterocycles. The van der Waals surface area contributed by atoms with E-state index in [1.807, 2.05) is 6.07 Å². The highest BCUT2D eigenvalue weighted by Gasteiger charge is 2.08. The Morgan fingerprint density at radius 3 is 2.67 bits per heavy atom. The molecule has 1 N–H and O–H groups in total. The normalized spacial score (nSPS) is 11.1. The van der Waals surface area contributed by atoms with Crippen molar-refractivity contribution in [2.24, 2.45) is 0 Å². The first-order valence-electron chi connectivity index (χ1n) is 5.24. The Hall–Kier alpha value is -1.58. The molecule has 0 saturated carbocycles. The Kier molecular flexibility index (Phi) is 2.73. The lowest BCUT2D eigenvalue weighted by molar-refractivity contribution is 0.628. The predicted octanol–water partition coefficient (Wildman–Crippen LogP) is 4.68. The van der Waals surface area contributed by atoms with Crippen LogP contribution in [0.15, 0.2) is 36.4 Å². The number of hydrogen-bond acceptors (Lipinski definition) is 1. The van der Waals surface area contributed by atoms with Gasteiger partial charge in [0.2, 0.25) is 0 Å². The van der Waals surface area contributed by atoms with Crippen LogP contribution in [0.1, 0.15) is 0 Å². The van der Waals surface area contributed by atoms with Crippen molar-refractivity contribution in [1.29, 1.82) is 0 Å². The summed E-state index contributed by atoms with van der Waals surface area (Å²) >= 11 is 11.5. The van der Waals surface area contributed by atoms with Crippen LogP contribution in [-0.2, 0) is 0 Å². The minimum atomic E-state index is -0.465. The van der Waals surface area contributed by atoms with E-state index in [-0.39, 0.29) is 5.02 Å². The van der Waals surface area contributed by atoms with Crippen molar-refractivity contribution < 1.29 is 4.39 Å². The zero-order valence-corrected chi connectivity index (χ0v) is 10.6. The molecule has 0 bridgehead atoms. The number of halogens is 3. The van der Waals surface area contributed by atoms with E-state index in [0.717, 1.165) is 11.0 Å². The molecule has 0 amide bonds. The van der Waals surface area contributed by atoms with Crippen LogP contribution >= 0.6 is 23.2 Å². The van der Waals surface area contributed by atoms with Crippen LogP contribution in [0.4, 0.5) is 4.39 Å². The van der Waals surface area contributed by atoms with Crippen LogP contribution in [0, 0.1) is 5.82 Å². The first-order valence-corrected chi connectivity index (χ1v) is 6.00. The van der Waals surface area contributed by atoms with Gasteiger partial charge in [0.1, 0.15) is 11.6 Å². The lowest BCUT2D eigenvalue weighted by Crippen LogP contribution is -1.83. The van der Waals surface area contributed by atoms with Crippen molar-refractivity contribution in [2.45, 2.75) is 0 Å². The summed E-state index contributed by atoms with van der Waals surface area (Å²) in [5.74, 6) is 0.121. The summed E-state index contributed by atoms with van der Waals surface area (Å²) in [5.41, 5.74) is 2.24. The first kappa shape index (κ1) is 11.5. The van der Waals surface area contributed by atoms with Crippen molar-refractivity contribution in [3.8, 4) is 11.4 Å². The molecule has 0 aliphatic carbocycles. The van der Waals surface area contributed by atoms with Gasteiger partial charge in [0.25, 0.3) is 0 Å². The van der Waals surface area contributed by atoms with Crippen LogP contribution in [0.3, 0.4) is 0 Å². The van der Waals surface area contributed by atoms with Crippen LogP contribution in [0.5, 0.6) is 0 Å². The van der Waals surface area contributed by atoms with Gasteiger partial charge in [-0.3, -0.25) is 0 Å². The number of benzene rings is 2. The standard InChI is InChI=1S/C13H7Cl2FN2/c14-8-2-4-11-12(6-8)18-13(17-11)7-1-3-9(15)10(16)5-7/h1-6H,(H,17,18). The van der Waals surface area contributed by atoms with Crippen molar-refractivity contribution in [1.82, 2.24) is 9.97 Å². The summed E-state index contributed by atoms with van der Waals surface area (Å²) in [7, 11) is 0. The van der Waals surface area contributed by atoms with E-state index in [2.05, 4.69) is 9.97 Å². The van der Waals surface area contributed by atoms with E-state index in [9.17, 15) is 4.39 Å². The number of aromatic nitrogens is 2. The van der Waals surface area contributed by atoms with Crippen LogP contribution < -0.4 is 0 Å². The molecule has 3 aromatic rings. The first-order chi connectivity index (χ1) is 8.63. The van der Waals surface area contributed by atoms with Crippen LogP contribution in [0.2, 0.25) is 10.0 Å². The van der Waals surface area contributed by atoms with E-state index in [0.29, 0.717) is 16.4 Å². The molecule has 0 saturated heterocycles. The monoisotopic (exact) mass is 280 g/mol. The lowest BCUT2D eigenvalue weighted by Gasteiger charge is -1.98. The maximum atomic E-state index is 13.4. The third kappa shape index (κ3) is 1.96. The molecule has 5 heteroatoms.